The lowest BCUT2D eigenvalue weighted by molar-refractivity contribution is 0.0640. The molecule has 0 aromatic carbocycles. The van der Waals surface area contributed by atoms with E-state index in [0.717, 1.165) is 37.9 Å². The van der Waals surface area contributed by atoms with Crippen LogP contribution in [0.3, 0.4) is 0 Å². The summed E-state index contributed by atoms with van der Waals surface area (Å²) >= 11 is 0. The lowest BCUT2D eigenvalue weighted by Crippen LogP contribution is -2.47. The van der Waals surface area contributed by atoms with Crippen molar-refractivity contribution in [2.24, 2.45) is 0 Å². The van der Waals surface area contributed by atoms with E-state index in [1.807, 2.05) is 24.0 Å². The van der Waals surface area contributed by atoms with Gasteiger partial charge in [-0.15, -0.1) is 12.4 Å². The number of hydrogen-bond acceptors (Lipinski definition) is 4. The summed E-state index contributed by atoms with van der Waals surface area (Å²) in [5.74, 6) is -0.198. The number of piperidine rings is 1. The lowest BCUT2D eigenvalue weighted by atomic mass is 10.0. The van der Waals surface area contributed by atoms with Gasteiger partial charge in [-0.05, 0) is 57.0 Å². The van der Waals surface area contributed by atoms with Gasteiger partial charge >= 0.3 is 0 Å². The second-order valence-electron chi connectivity index (χ2n) is 6.39. The van der Waals surface area contributed by atoms with E-state index < -0.39 is 0 Å². The fourth-order valence-electron chi connectivity index (χ4n) is 3.29. The number of pyridine rings is 1. The molecule has 0 aliphatic carbocycles. The number of amides is 1. The van der Waals surface area contributed by atoms with E-state index in [2.05, 4.69) is 17.2 Å². The highest BCUT2D eigenvalue weighted by Crippen LogP contribution is 2.15. The Morgan fingerprint density at radius 2 is 2.12 bits per heavy atom. The molecule has 1 amide bonds. The molecule has 1 N–H and O–H groups in total. The van der Waals surface area contributed by atoms with Gasteiger partial charge in [-0.3, -0.25) is 14.0 Å². The number of aryl methyl sites for hydroxylation is 1. The monoisotopic (exact) mass is 364 g/mol. The molecular weight excluding hydrogens is 340 g/mol. The van der Waals surface area contributed by atoms with Gasteiger partial charge in [0, 0.05) is 25.0 Å². The number of carbonyl (C=O) groups is 1. The predicted octanol–water partition coefficient (Wildman–Crippen LogP) is 2.03. The van der Waals surface area contributed by atoms with Crippen LogP contribution in [0.5, 0.6) is 0 Å². The van der Waals surface area contributed by atoms with Crippen LogP contribution in [-0.4, -0.2) is 45.9 Å². The maximum Gasteiger partial charge on any atom is 0.270 e. The zero-order valence-electron chi connectivity index (χ0n) is 14.7. The molecule has 2 aromatic heterocycles. The van der Waals surface area contributed by atoms with Gasteiger partial charge in [0.15, 0.2) is 0 Å². The third-order valence-electron chi connectivity index (χ3n) is 4.57. The van der Waals surface area contributed by atoms with Crippen molar-refractivity contribution in [2.45, 2.75) is 39.2 Å². The molecule has 2 aromatic rings. The Bertz CT molecular complexity index is 799. The number of halogens is 1. The molecule has 7 heteroatoms. The molecule has 3 heterocycles. The van der Waals surface area contributed by atoms with Gasteiger partial charge in [-0.25, -0.2) is 4.98 Å². The van der Waals surface area contributed by atoms with E-state index in [-0.39, 0.29) is 35.5 Å². The van der Waals surface area contributed by atoms with Crippen LogP contribution in [0.2, 0.25) is 0 Å². The maximum absolute atomic E-state index is 13.0. The van der Waals surface area contributed by atoms with Gasteiger partial charge in [0.25, 0.3) is 11.5 Å². The molecule has 136 valence electrons. The molecular formula is C18H25ClN4O2. The zero-order valence-corrected chi connectivity index (χ0v) is 15.5. The molecule has 0 bridgehead atoms. The fraction of sp³-hybridized carbons (Fsp3) is 0.500. The average molecular weight is 365 g/mol. The SMILES string of the molecule is CCCN(C(=O)c1cnc2cc(C)ccn2c1=O)C1CCNCC1.Cl. The van der Waals surface area contributed by atoms with Crippen molar-refractivity contribution < 1.29 is 4.79 Å². The summed E-state index contributed by atoms with van der Waals surface area (Å²) in [4.78, 5) is 31.9. The van der Waals surface area contributed by atoms with Crippen LogP contribution in [0.15, 0.2) is 29.3 Å². The summed E-state index contributed by atoms with van der Waals surface area (Å²) in [7, 11) is 0. The molecule has 6 nitrogen and oxygen atoms in total. The Labute approximate surface area is 153 Å². The van der Waals surface area contributed by atoms with E-state index in [9.17, 15) is 9.59 Å². The molecule has 0 unspecified atom stereocenters. The molecule has 1 aliphatic heterocycles. The number of nitrogens with one attached hydrogen (secondary N) is 1. The molecule has 1 fully saturated rings. The van der Waals surface area contributed by atoms with E-state index in [1.54, 1.807) is 6.20 Å². The second-order valence-corrected chi connectivity index (χ2v) is 6.39. The van der Waals surface area contributed by atoms with Crippen molar-refractivity contribution in [2.75, 3.05) is 19.6 Å². The topological polar surface area (TPSA) is 66.7 Å². The van der Waals surface area contributed by atoms with Gasteiger partial charge in [0.05, 0.1) is 0 Å². The summed E-state index contributed by atoms with van der Waals surface area (Å²) < 4.78 is 1.45. The quantitative estimate of drug-likeness (QED) is 0.901. The molecule has 0 saturated carbocycles. The van der Waals surface area contributed by atoms with Crippen molar-refractivity contribution in [3.05, 3.63) is 46.0 Å². The molecule has 0 spiro atoms. The number of hydrogen-bond donors (Lipinski definition) is 1. The van der Waals surface area contributed by atoms with Crippen LogP contribution in [0.4, 0.5) is 0 Å². The Hall–Kier alpha value is -1.92. The van der Waals surface area contributed by atoms with Gasteiger partial charge in [-0.2, -0.15) is 0 Å². The summed E-state index contributed by atoms with van der Waals surface area (Å²) in [5.41, 5.74) is 1.46. The van der Waals surface area contributed by atoms with Gasteiger partial charge in [0.2, 0.25) is 0 Å². The molecule has 1 aliphatic rings. The van der Waals surface area contributed by atoms with Crippen molar-refractivity contribution in [1.82, 2.24) is 19.6 Å². The lowest BCUT2D eigenvalue weighted by Gasteiger charge is -2.34. The Morgan fingerprint density at radius 1 is 1.40 bits per heavy atom. The van der Waals surface area contributed by atoms with Crippen molar-refractivity contribution in [1.29, 1.82) is 0 Å². The molecule has 3 rings (SSSR count). The first kappa shape index (κ1) is 19.4. The minimum atomic E-state index is -0.292. The van der Waals surface area contributed by atoms with Gasteiger partial charge in [-0.1, -0.05) is 6.92 Å². The largest absolute Gasteiger partial charge is 0.335 e. The minimum Gasteiger partial charge on any atom is -0.335 e. The van der Waals surface area contributed by atoms with Crippen LogP contribution in [0, 0.1) is 6.92 Å². The van der Waals surface area contributed by atoms with Crippen molar-refractivity contribution >= 4 is 24.0 Å². The summed E-state index contributed by atoms with van der Waals surface area (Å²) in [6.07, 6.45) is 5.84. The third-order valence-corrected chi connectivity index (χ3v) is 4.57. The van der Waals surface area contributed by atoms with Crippen molar-refractivity contribution in [3.63, 3.8) is 0 Å². The number of carbonyl (C=O) groups excluding carboxylic acids is 1. The highest BCUT2D eigenvalue weighted by molar-refractivity contribution is 5.94. The Balaban J connectivity index is 0.00000225. The molecule has 25 heavy (non-hydrogen) atoms. The standard InChI is InChI=1S/C18H24N4O2.ClH/c1-3-9-21(14-4-7-19-8-5-14)17(23)15-12-20-16-11-13(2)6-10-22(16)18(15)24;/h6,10-12,14,19H,3-5,7-9H2,1-2H3;1H. The first-order chi connectivity index (χ1) is 11.6. The average Bonchev–Trinajstić information content (AvgIpc) is 2.60. The Kier molecular flexibility index (Phi) is 6.56. The van der Waals surface area contributed by atoms with E-state index in [1.165, 1.54) is 10.6 Å². The molecule has 0 radical (unpaired) electrons. The summed E-state index contributed by atoms with van der Waals surface area (Å²) in [6, 6.07) is 3.88. The first-order valence-corrected chi connectivity index (χ1v) is 8.61. The fourth-order valence-corrected chi connectivity index (χ4v) is 3.29. The van der Waals surface area contributed by atoms with Crippen LogP contribution in [-0.2, 0) is 0 Å². The third kappa shape index (κ3) is 4.02. The second kappa shape index (κ2) is 8.45. The van der Waals surface area contributed by atoms with Crippen LogP contribution in [0.1, 0.15) is 42.1 Å². The minimum absolute atomic E-state index is 0. The smallest absolute Gasteiger partial charge is 0.270 e. The summed E-state index contributed by atoms with van der Waals surface area (Å²) in [5, 5.41) is 3.32. The van der Waals surface area contributed by atoms with Crippen LogP contribution in [0.25, 0.3) is 5.65 Å². The van der Waals surface area contributed by atoms with Gasteiger partial charge < -0.3 is 10.2 Å². The number of aromatic nitrogens is 2. The first-order valence-electron chi connectivity index (χ1n) is 8.61. The normalized spacial score (nSPS) is 15.0. The van der Waals surface area contributed by atoms with Crippen molar-refractivity contribution in [3.8, 4) is 0 Å². The van der Waals surface area contributed by atoms with Gasteiger partial charge in [0.1, 0.15) is 11.2 Å². The number of rotatable bonds is 4. The zero-order chi connectivity index (χ0) is 17.1. The number of nitrogens with zero attached hydrogens (tertiary/aromatic N) is 3. The van der Waals surface area contributed by atoms with E-state index in [0.29, 0.717) is 12.2 Å². The maximum atomic E-state index is 13.0. The van der Waals surface area contributed by atoms with E-state index >= 15 is 0 Å². The molecule has 0 atom stereocenters. The highest BCUT2D eigenvalue weighted by Gasteiger charge is 2.27. The Morgan fingerprint density at radius 3 is 2.80 bits per heavy atom. The molecule has 1 saturated heterocycles. The van der Waals surface area contributed by atoms with E-state index in [4.69, 9.17) is 0 Å². The van der Waals surface area contributed by atoms with Crippen LogP contribution < -0.4 is 10.9 Å². The summed E-state index contributed by atoms with van der Waals surface area (Å²) in [6.45, 7) is 6.49. The van der Waals surface area contributed by atoms with Crippen LogP contribution >= 0.6 is 12.4 Å². The highest BCUT2D eigenvalue weighted by atomic mass is 35.5. The number of fused-ring (bicyclic) bond motifs is 1. The predicted molar refractivity (Wildman–Crippen MR) is 101 cm³/mol.